The van der Waals surface area contributed by atoms with Crippen molar-refractivity contribution in [3.05, 3.63) is 270 Å². The predicted octanol–water partition coefficient (Wildman–Crippen LogP) is 16.2. The molecule has 0 heterocycles. The third kappa shape index (κ3) is 13.2. The van der Waals surface area contributed by atoms with Crippen molar-refractivity contribution in [2.24, 2.45) is 0 Å². The van der Waals surface area contributed by atoms with Gasteiger partial charge < -0.3 is 28.4 Å². The summed E-state index contributed by atoms with van der Waals surface area (Å²) in [6.45, 7) is 2.15. The summed E-state index contributed by atoms with van der Waals surface area (Å²) in [6, 6.07) is 75.0. The highest BCUT2D eigenvalue weighted by molar-refractivity contribution is 6.04. The molecule has 440 valence electrons. The molecular weight excluding hydrogens is 1120 g/mol. The van der Waals surface area contributed by atoms with Crippen LogP contribution in [0.4, 0.5) is 0 Å². The van der Waals surface area contributed by atoms with Gasteiger partial charge in [0.15, 0.2) is 0 Å². The third-order valence-corrected chi connectivity index (χ3v) is 16.4. The molecule has 0 aliphatic heterocycles. The number of hydrogen-bond acceptors (Lipinski definition) is 12. The highest BCUT2D eigenvalue weighted by Crippen LogP contribution is 2.41. The lowest BCUT2D eigenvalue weighted by molar-refractivity contribution is -0.148. The number of carbonyl (C=O) groups is 6. The van der Waals surface area contributed by atoms with Gasteiger partial charge in [0.2, 0.25) is 0 Å². The lowest BCUT2D eigenvalue weighted by atomic mass is 9.71. The zero-order valence-electron chi connectivity index (χ0n) is 48.8. The smallest absolute Gasteiger partial charge is 0.311 e. The summed E-state index contributed by atoms with van der Waals surface area (Å²) in [4.78, 5) is 78.8. The van der Waals surface area contributed by atoms with Crippen LogP contribution in [0.15, 0.2) is 237 Å². The molecule has 0 saturated carbocycles. The van der Waals surface area contributed by atoms with E-state index in [0.29, 0.717) is 0 Å². The van der Waals surface area contributed by atoms with E-state index in [1.807, 2.05) is 189 Å². The van der Waals surface area contributed by atoms with Gasteiger partial charge in [0, 0.05) is 22.1 Å². The van der Waals surface area contributed by atoms with Gasteiger partial charge in [0.1, 0.15) is 37.1 Å². The van der Waals surface area contributed by atoms with Gasteiger partial charge in [-0.3, -0.25) is 28.8 Å². The molecule has 0 bridgehead atoms. The van der Waals surface area contributed by atoms with Crippen LogP contribution in [0.25, 0.3) is 64.6 Å². The van der Waals surface area contributed by atoms with Crippen LogP contribution >= 0.6 is 0 Å². The standard InChI is InChI=1S/C77H60O12/c1-77(56-26-32-59(33-27-56)87-74(81)41-38-71(78)84-47-68-62-20-8-2-14-50(62)44-51-15-3-9-21-63(51)68,57-28-34-60(35-29-57)88-75(82)42-39-72(79)85-48-69-64-22-10-4-16-52(64)45-53-17-5-11-23-65(53)69)58-30-36-61(37-31-58)89-76(83)43-40-73(80)86-49-70-66-24-12-6-18-54(66)46-55-19-7-13-25-67(55)70/h2-37,44-46H,38-43,47-49H2,1H3. The van der Waals surface area contributed by atoms with Crippen molar-refractivity contribution in [1.82, 2.24) is 0 Å². The number of rotatable bonds is 21. The first-order valence-electron chi connectivity index (χ1n) is 29.5. The maximum absolute atomic E-state index is 13.2. The van der Waals surface area contributed by atoms with Crippen molar-refractivity contribution < 1.29 is 57.2 Å². The Morgan fingerprint density at radius 3 is 0.697 bits per heavy atom. The first-order valence-corrected chi connectivity index (χ1v) is 29.5. The molecule has 12 rings (SSSR count). The molecule has 0 unspecified atom stereocenters. The zero-order valence-corrected chi connectivity index (χ0v) is 48.8. The van der Waals surface area contributed by atoms with E-state index in [4.69, 9.17) is 28.4 Å². The predicted molar refractivity (Wildman–Crippen MR) is 343 cm³/mol. The first-order chi connectivity index (χ1) is 43.4. The van der Waals surface area contributed by atoms with Gasteiger partial charge in [-0.15, -0.1) is 0 Å². The zero-order chi connectivity index (χ0) is 61.3. The van der Waals surface area contributed by atoms with E-state index < -0.39 is 41.2 Å². The second-order valence-corrected chi connectivity index (χ2v) is 22.0. The molecule has 12 aromatic rings. The summed E-state index contributed by atoms with van der Waals surface area (Å²) >= 11 is 0. The number of hydrogen-bond donors (Lipinski definition) is 0. The molecule has 12 heteroatoms. The SMILES string of the molecule is CC(c1ccc(OC(=O)CCC(=O)OCc2c3ccccc3cc3ccccc23)cc1)(c1ccc(OC(=O)CCC(=O)OCc2c3ccccc3cc3ccccc23)cc1)c1ccc(OC(=O)CCC(=O)OCc2c3ccccc3cc3ccccc23)cc1. The molecule has 0 amide bonds. The van der Waals surface area contributed by atoms with Crippen LogP contribution in [0.1, 0.15) is 78.8 Å². The molecule has 12 aromatic carbocycles. The number of fused-ring (bicyclic) bond motifs is 6. The van der Waals surface area contributed by atoms with Crippen molar-refractivity contribution in [3.8, 4) is 17.2 Å². The van der Waals surface area contributed by atoms with Crippen LogP contribution in [0.2, 0.25) is 0 Å². The second kappa shape index (κ2) is 26.3. The van der Waals surface area contributed by atoms with Gasteiger partial charge in [-0.1, -0.05) is 182 Å². The average molecular weight is 1180 g/mol. The normalized spacial score (nSPS) is 11.4. The highest BCUT2D eigenvalue weighted by Gasteiger charge is 2.32. The molecule has 0 spiro atoms. The van der Waals surface area contributed by atoms with Crippen molar-refractivity contribution in [2.75, 3.05) is 0 Å². The topological polar surface area (TPSA) is 158 Å². The summed E-state index contributed by atoms with van der Waals surface area (Å²) in [5.41, 5.74) is 4.10. The minimum absolute atomic E-state index is 0.0482. The fraction of sp³-hybridized carbons (Fsp3) is 0.143. The van der Waals surface area contributed by atoms with E-state index >= 15 is 0 Å². The molecule has 0 aliphatic rings. The van der Waals surface area contributed by atoms with E-state index in [-0.39, 0.29) is 75.6 Å². The maximum Gasteiger partial charge on any atom is 0.311 e. The molecule has 0 N–H and O–H groups in total. The van der Waals surface area contributed by atoms with Crippen molar-refractivity contribution >= 4 is 100 Å². The van der Waals surface area contributed by atoms with Crippen LogP contribution < -0.4 is 14.2 Å². The van der Waals surface area contributed by atoms with Crippen molar-refractivity contribution in [2.45, 2.75) is 70.7 Å². The Morgan fingerprint density at radius 1 is 0.270 bits per heavy atom. The van der Waals surface area contributed by atoms with Gasteiger partial charge in [0.05, 0.1) is 38.5 Å². The van der Waals surface area contributed by atoms with Crippen LogP contribution in [-0.4, -0.2) is 35.8 Å². The molecule has 0 saturated heterocycles. The first kappa shape index (κ1) is 58.4. The molecular formula is C77H60O12. The molecule has 0 radical (unpaired) electrons. The largest absolute Gasteiger partial charge is 0.461 e. The summed E-state index contributed by atoms with van der Waals surface area (Å²) in [5, 5.41) is 12.1. The monoisotopic (exact) mass is 1180 g/mol. The number of carbonyl (C=O) groups excluding carboxylic acids is 6. The van der Waals surface area contributed by atoms with Crippen LogP contribution in [0.3, 0.4) is 0 Å². The fourth-order valence-electron chi connectivity index (χ4n) is 11.7. The van der Waals surface area contributed by atoms with Crippen LogP contribution in [-0.2, 0) is 68.2 Å². The molecule has 0 atom stereocenters. The maximum atomic E-state index is 13.2. The summed E-state index contributed by atoms with van der Waals surface area (Å²) in [7, 11) is 0. The van der Waals surface area contributed by atoms with Gasteiger partial charge in [-0.05, 0) is 143 Å². The summed E-state index contributed by atoms with van der Waals surface area (Å²) < 4.78 is 34.4. The highest BCUT2D eigenvalue weighted by atomic mass is 16.6. The molecule has 89 heavy (non-hydrogen) atoms. The Morgan fingerprint density at radius 2 is 0.472 bits per heavy atom. The molecule has 12 nitrogen and oxygen atoms in total. The van der Waals surface area contributed by atoms with Gasteiger partial charge in [0.25, 0.3) is 0 Å². The van der Waals surface area contributed by atoms with Gasteiger partial charge >= 0.3 is 35.8 Å². The Labute approximate surface area is 513 Å². The second-order valence-electron chi connectivity index (χ2n) is 22.0. The minimum Gasteiger partial charge on any atom is -0.461 e. The lowest BCUT2D eigenvalue weighted by Gasteiger charge is -2.32. The van der Waals surface area contributed by atoms with Gasteiger partial charge in [-0.2, -0.15) is 0 Å². The lowest BCUT2D eigenvalue weighted by Crippen LogP contribution is -2.25. The van der Waals surface area contributed by atoms with E-state index in [2.05, 4.69) is 18.2 Å². The van der Waals surface area contributed by atoms with Gasteiger partial charge in [-0.25, -0.2) is 0 Å². The van der Waals surface area contributed by atoms with Crippen LogP contribution in [0, 0.1) is 0 Å². The van der Waals surface area contributed by atoms with E-state index in [1.165, 1.54) is 0 Å². The molecule has 0 aromatic heterocycles. The third-order valence-electron chi connectivity index (χ3n) is 16.4. The van der Waals surface area contributed by atoms with E-state index in [9.17, 15) is 28.8 Å². The fourth-order valence-corrected chi connectivity index (χ4v) is 11.7. The Kier molecular flexibility index (Phi) is 17.3. The minimum atomic E-state index is -0.912. The van der Waals surface area contributed by atoms with E-state index in [0.717, 1.165) is 98.0 Å². The van der Waals surface area contributed by atoms with Crippen molar-refractivity contribution in [1.29, 1.82) is 0 Å². The average Bonchev–Trinajstić information content (AvgIpc) is 1.38. The Hall–Kier alpha value is -11.0. The summed E-state index contributed by atoms with van der Waals surface area (Å²) in [5.74, 6) is -2.64. The van der Waals surface area contributed by atoms with Crippen LogP contribution in [0.5, 0.6) is 17.2 Å². The Balaban J connectivity index is 0.695. The quantitative estimate of drug-likeness (QED) is 0.0221. The number of ether oxygens (including phenoxy) is 6. The Bertz CT molecular complexity index is 4030. The number of benzene rings is 12. The van der Waals surface area contributed by atoms with Crippen molar-refractivity contribution in [3.63, 3.8) is 0 Å². The molecule has 0 fully saturated rings. The molecule has 0 aliphatic carbocycles. The number of esters is 6. The summed E-state index contributed by atoms with van der Waals surface area (Å²) in [6.07, 6.45) is -1.15. The van der Waals surface area contributed by atoms with E-state index in [1.54, 1.807) is 36.4 Å².